The van der Waals surface area contributed by atoms with Crippen LogP contribution in [0.4, 0.5) is 0 Å². The highest BCUT2D eigenvalue weighted by Crippen LogP contribution is 2.19. The van der Waals surface area contributed by atoms with Gasteiger partial charge < -0.3 is 15.5 Å². The maximum absolute atomic E-state index is 13.0. The van der Waals surface area contributed by atoms with Crippen LogP contribution in [0.5, 0.6) is 0 Å². The first-order valence-corrected chi connectivity index (χ1v) is 11.2. The molecule has 5 heteroatoms. The largest absolute Gasteiger partial charge is 0.350 e. The van der Waals surface area contributed by atoms with E-state index in [2.05, 4.69) is 30.8 Å². The minimum Gasteiger partial charge on any atom is -0.350 e. The Bertz CT molecular complexity index is 1070. The fraction of sp³-hybridized carbons (Fsp3) is 0.333. The number of rotatable bonds is 9. The van der Waals surface area contributed by atoms with Gasteiger partial charge in [0.05, 0.1) is 20.5 Å². The predicted octanol–water partition coefficient (Wildman–Crippen LogP) is 2.48. The van der Waals surface area contributed by atoms with E-state index >= 15 is 0 Å². The van der Waals surface area contributed by atoms with Crippen LogP contribution in [0.25, 0.3) is 10.8 Å². The van der Waals surface area contributed by atoms with E-state index in [4.69, 9.17) is 0 Å². The fourth-order valence-electron chi connectivity index (χ4n) is 3.95. The lowest BCUT2D eigenvalue weighted by Crippen LogP contribution is -3.04. The van der Waals surface area contributed by atoms with Gasteiger partial charge in [0.25, 0.3) is 0 Å². The predicted molar refractivity (Wildman–Crippen MR) is 129 cm³/mol. The topological polar surface area (TPSA) is 62.6 Å². The van der Waals surface area contributed by atoms with Crippen molar-refractivity contribution in [3.05, 3.63) is 83.4 Å². The average Bonchev–Trinajstić information content (AvgIpc) is 2.76. The van der Waals surface area contributed by atoms with E-state index in [1.165, 1.54) is 10.5 Å². The minimum absolute atomic E-state index is 0.0204. The number of nitrogens with one attached hydrogen (secondary N) is 3. The van der Waals surface area contributed by atoms with Crippen molar-refractivity contribution < 1.29 is 14.5 Å². The van der Waals surface area contributed by atoms with Crippen LogP contribution < -0.4 is 15.5 Å². The number of carbonyl (C=O) groups excluding carboxylic acids is 2. The number of hydrogen-bond acceptors (Lipinski definition) is 2. The number of amides is 2. The maximum atomic E-state index is 13.0. The summed E-state index contributed by atoms with van der Waals surface area (Å²) < 4.78 is 0. The van der Waals surface area contributed by atoms with E-state index in [0.29, 0.717) is 6.54 Å². The molecule has 32 heavy (non-hydrogen) atoms. The molecule has 1 atom stereocenters. The second kappa shape index (κ2) is 10.9. The molecule has 0 saturated heterocycles. The lowest BCUT2D eigenvalue weighted by Gasteiger charge is -2.22. The zero-order valence-corrected chi connectivity index (χ0v) is 19.4. The minimum atomic E-state index is -0.580. The van der Waals surface area contributed by atoms with Gasteiger partial charge in [-0.15, -0.1) is 0 Å². The summed E-state index contributed by atoms with van der Waals surface area (Å²) in [6, 6.07) is 21.6. The molecule has 0 fully saturated rings. The molecule has 0 heterocycles. The Balaban J connectivity index is 1.65. The number of hydrogen-bond donors (Lipinski definition) is 3. The second-order valence-electron chi connectivity index (χ2n) is 8.97. The molecule has 0 unspecified atom stereocenters. The number of quaternary nitrogens is 1. The van der Waals surface area contributed by atoms with Crippen LogP contribution in [0.2, 0.25) is 0 Å². The van der Waals surface area contributed by atoms with Crippen LogP contribution in [-0.2, 0) is 29.1 Å². The average molecular weight is 433 g/mol. The van der Waals surface area contributed by atoms with E-state index in [1.54, 1.807) is 0 Å². The van der Waals surface area contributed by atoms with Crippen molar-refractivity contribution in [3.8, 4) is 0 Å². The molecule has 3 aromatic rings. The van der Waals surface area contributed by atoms with Crippen molar-refractivity contribution in [2.24, 2.45) is 5.92 Å². The number of benzene rings is 3. The third kappa shape index (κ3) is 6.17. The molecule has 0 aliphatic heterocycles. The quantitative estimate of drug-likeness (QED) is 0.487. The fourth-order valence-corrected chi connectivity index (χ4v) is 3.95. The third-order valence-electron chi connectivity index (χ3n) is 5.61. The van der Waals surface area contributed by atoms with Crippen LogP contribution >= 0.6 is 0 Å². The van der Waals surface area contributed by atoms with Gasteiger partial charge in [-0.3, -0.25) is 9.59 Å². The van der Waals surface area contributed by atoms with Gasteiger partial charge >= 0.3 is 0 Å². The van der Waals surface area contributed by atoms with Gasteiger partial charge in [0.15, 0.2) is 0 Å². The van der Waals surface area contributed by atoms with Crippen LogP contribution in [-0.4, -0.2) is 32.0 Å². The van der Waals surface area contributed by atoms with Crippen molar-refractivity contribution >= 4 is 22.6 Å². The highest BCUT2D eigenvalue weighted by Gasteiger charge is 2.24. The number of fused-ring (bicyclic) bond motifs is 1. The van der Waals surface area contributed by atoms with Gasteiger partial charge in [0.1, 0.15) is 12.6 Å². The molecular formula is C27H34N3O2+. The van der Waals surface area contributed by atoms with E-state index in [-0.39, 0.29) is 24.2 Å². The van der Waals surface area contributed by atoms with E-state index in [9.17, 15) is 9.59 Å². The molecule has 0 spiro atoms. The zero-order valence-electron chi connectivity index (χ0n) is 19.4. The smallest absolute Gasteiger partial charge is 0.243 e. The SMILES string of the molecule is CC(C)[C@H](NC(=O)Cc1cccc2ccccc12)C(=O)NCc1ccccc1C[NH+](C)C. The molecule has 0 aliphatic rings. The molecule has 0 aliphatic carbocycles. The van der Waals surface area contributed by atoms with Gasteiger partial charge in [-0.05, 0) is 27.8 Å². The van der Waals surface area contributed by atoms with Crippen molar-refractivity contribution in [3.63, 3.8) is 0 Å². The first-order valence-electron chi connectivity index (χ1n) is 11.2. The van der Waals surface area contributed by atoms with Gasteiger partial charge in [0, 0.05) is 12.1 Å². The lowest BCUT2D eigenvalue weighted by molar-refractivity contribution is -0.872. The van der Waals surface area contributed by atoms with E-state index < -0.39 is 6.04 Å². The molecule has 168 valence electrons. The van der Waals surface area contributed by atoms with Crippen LogP contribution in [0.15, 0.2) is 66.7 Å². The third-order valence-corrected chi connectivity index (χ3v) is 5.61. The summed E-state index contributed by atoms with van der Waals surface area (Å²) in [4.78, 5) is 27.1. The normalized spacial score (nSPS) is 12.2. The number of carbonyl (C=O) groups is 2. The van der Waals surface area contributed by atoms with E-state index in [0.717, 1.165) is 28.4 Å². The van der Waals surface area contributed by atoms with Crippen LogP contribution in [0, 0.1) is 5.92 Å². The van der Waals surface area contributed by atoms with Gasteiger partial charge in [-0.2, -0.15) is 0 Å². The summed E-state index contributed by atoms with van der Waals surface area (Å²) in [5.41, 5.74) is 3.28. The molecule has 0 bridgehead atoms. The van der Waals surface area contributed by atoms with Crippen molar-refractivity contribution in [2.45, 2.75) is 39.4 Å². The highest BCUT2D eigenvalue weighted by atomic mass is 16.2. The maximum Gasteiger partial charge on any atom is 0.243 e. The summed E-state index contributed by atoms with van der Waals surface area (Å²) >= 11 is 0. The summed E-state index contributed by atoms with van der Waals surface area (Å²) in [6.07, 6.45) is 0.242. The summed E-state index contributed by atoms with van der Waals surface area (Å²) in [5.74, 6) is -0.321. The molecule has 3 N–H and O–H groups in total. The molecule has 0 radical (unpaired) electrons. The Morgan fingerprint density at radius 3 is 2.19 bits per heavy atom. The summed E-state index contributed by atoms with van der Waals surface area (Å²) in [7, 11) is 4.21. The Kier molecular flexibility index (Phi) is 8.01. The lowest BCUT2D eigenvalue weighted by atomic mass is 10.00. The van der Waals surface area contributed by atoms with Crippen molar-refractivity contribution in [1.29, 1.82) is 0 Å². The summed E-state index contributed by atoms with van der Waals surface area (Å²) in [6.45, 7) is 5.24. The van der Waals surface area contributed by atoms with Crippen molar-refractivity contribution in [2.75, 3.05) is 14.1 Å². The van der Waals surface area contributed by atoms with Gasteiger partial charge in [-0.25, -0.2) is 0 Å². The molecule has 3 rings (SSSR count). The first kappa shape index (κ1) is 23.5. The Hall–Kier alpha value is -3.18. The van der Waals surface area contributed by atoms with Crippen molar-refractivity contribution in [1.82, 2.24) is 10.6 Å². The Morgan fingerprint density at radius 2 is 1.47 bits per heavy atom. The van der Waals surface area contributed by atoms with Gasteiger partial charge in [-0.1, -0.05) is 80.6 Å². The highest BCUT2D eigenvalue weighted by molar-refractivity contribution is 5.92. The monoisotopic (exact) mass is 432 g/mol. The standard InChI is InChI=1S/C27H33N3O2/c1-19(2)26(27(32)28-17-22-11-5-6-12-23(22)18-30(3)4)29-25(31)16-21-14-9-13-20-10-7-8-15-24(20)21/h5-15,19,26H,16-18H2,1-4H3,(H,28,32)(H,29,31)/p+1/t26-/m0/s1. The van der Waals surface area contributed by atoms with Crippen LogP contribution in [0.3, 0.4) is 0 Å². The molecule has 2 amide bonds. The first-order chi connectivity index (χ1) is 15.3. The molecule has 0 aromatic heterocycles. The Morgan fingerprint density at radius 1 is 0.844 bits per heavy atom. The van der Waals surface area contributed by atoms with Gasteiger partial charge in [0.2, 0.25) is 11.8 Å². The second-order valence-corrected chi connectivity index (χ2v) is 8.97. The van der Waals surface area contributed by atoms with E-state index in [1.807, 2.05) is 74.5 Å². The Labute approximate surface area is 190 Å². The molecule has 5 nitrogen and oxygen atoms in total. The molecule has 3 aromatic carbocycles. The summed E-state index contributed by atoms with van der Waals surface area (Å²) in [5, 5.41) is 8.16. The molecule has 0 saturated carbocycles. The molecular weight excluding hydrogens is 398 g/mol. The zero-order chi connectivity index (χ0) is 23.1. The van der Waals surface area contributed by atoms with Crippen LogP contribution in [0.1, 0.15) is 30.5 Å².